The molecule has 2 aromatic rings. The molecule has 0 fully saturated rings. The number of carbonyl (C=O) groups excluding carboxylic acids is 2. The third-order valence-corrected chi connectivity index (χ3v) is 3.84. The Bertz CT molecular complexity index is 728. The van der Waals surface area contributed by atoms with Gasteiger partial charge in [0.05, 0.1) is 0 Å². The summed E-state index contributed by atoms with van der Waals surface area (Å²) in [5.74, 6) is -0.240. The highest BCUT2D eigenvalue weighted by atomic mass is 16.5. The number of carbonyl (C=O) groups is 2. The van der Waals surface area contributed by atoms with Gasteiger partial charge in [-0.05, 0) is 36.2 Å². The van der Waals surface area contributed by atoms with Crippen molar-refractivity contribution < 1.29 is 14.3 Å². The Morgan fingerprint density at radius 3 is 2.70 bits per heavy atom. The van der Waals surface area contributed by atoms with Gasteiger partial charge in [-0.15, -0.1) is 0 Å². The largest absolute Gasteiger partial charge is 0.375 e. The van der Waals surface area contributed by atoms with Crippen molar-refractivity contribution in [3.05, 3.63) is 59.7 Å². The van der Waals surface area contributed by atoms with Crippen LogP contribution in [0.5, 0.6) is 0 Å². The van der Waals surface area contributed by atoms with Crippen LogP contribution in [-0.2, 0) is 16.0 Å². The van der Waals surface area contributed by atoms with E-state index in [2.05, 4.69) is 5.32 Å². The molecule has 0 spiro atoms. The van der Waals surface area contributed by atoms with Gasteiger partial charge in [-0.25, -0.2) is 0 Å². The van der Waals surface area contributed by atoms with Crippen LogP contribution in [0.3, 0.4) is 0 Å². The highest BCUT2D eigenvalue weighted by Gasteiger charge is 2.24. The number of anilines is 2. The van der Waals surface area contributed by atoms with E-state index in [1.54, 1.807) is 17.0 Å². The van der Waals surface area contributed by atoms with Crippen molar-refractivity contribution in [3.63, 3.8) is 0 Å². The van der Waals surface area contributed by atoms with E-state index in [1.807, 2.05) is 36.4 Å². The molecule has 23 heavy (non-hydrogen) atoms. The van der Waals surface area contributed by atoms with Crippen LogP contribution in [0.15, 0.2) is 48.5 Å². The maximum atomic E-state index is 12.2. The molecule has 5 nitrogen and oxygen atoms in total. The van der Waals surface area contributed by atoms with Crippen molar-refractivity contribution in [3.8, 4) is 0 Å². The smallest absolute Gasteiger partial charge is 0.255 e. The van der Waals surface area contributed by atoms with Crippen molar-refractivity contribution in [2.45, 2.75) is 6.42 Å². The molecule has 118 valence electrons. The summed E-state index contributed by atoms with van der Waals surface area (Å²) in [7, 11) is 1.51. The van der Waals surface area contributed by atoms with Crippen LogP contribution in [0.1, 0.15) is 15.9 Å². The Balaban J connectivity index is 1.79. The minimum Gasteiger partial charge on any atom is -0.375 e. The lowest BCUT2D eigenvalue weighted by molar-refractivity contribution is -0.122. The summed E-state index contributed by atoms with van der Waals surface area (Å²) in [6, 6.07) is 14.7. The summed E-state index contributed by atoms with van der Waals surface area (Å²) < 4.78 is 4.92. The standard InChI is InChI=1S/C18H18N2O3/c1-23-12-17(21)20-10-9-13-7-8-15(11-16(13)20)19-18(22)14-5-3-2-4-6-14/h2-8,11H,9-10,12H2,1H3,(H,19,22). The second kappa shape index (κ2) is 6.62. The molecule has 0 aromatic heterocycles. The number of hydrogen-bond acceptors (Lipinski definition) is 3. The third kappa shape index (κ3) is 3.24. The lowest BCUT2D eigenvalue weighted by Crippen LogP contribution is -2.32. The van der Waals surface area contributed by atoms with Crippen LogP contribution in [0.2, 0.25) is 0 Å². The van der Waals surface area contributed by atoms with Gasteiger partial charge in [0.1, 0.15) is 6.61 Å². The average molecular weight is 310 g/mol. The molecule has 2 amide bonds. The average Bonchev–Trinajstić information content (AvgIpc) is 2.99. The van der Waals surface area contributed by atoms with Gasteiger partial charge in [0.25, 0.3) is 11.8 Å². The molecule has 0 bridgehead atoms. The van der Waals surface area contributed by atoms with Gasteiger partial charge in [-0.3, -0.25) is 9.59 Å². The summed E-state index contributed by atoms with van der Waals surface area (Å²) in [6.45, 7) is 0.702. The predicted molar refractivity (Wildman–Crippen MR) is 88.8 cm³/mol. The Morgan fingerprint density at radius 2 is 1.96 bits per heavy atom. The van der Waals surface area contributed by atoms with Crippen LogP contribution in [0.25, 0.3) is 0 Å². The first-order chi connectivity index (χ1) is 11.2. The van der Waals surface area contributed by atoms with E-state index in [4.69, 9.17) is 4.74 Å². The summed E-state index contributed by atoms with van der Waals surface area (Å²) >= 11 is 0. The molecule has 2 aromatic carbocycles. The number of hydrogen-bond donors (Lipinski definition) is 1. The molecule has 0 aliphatic carbocycles. The second-order valence-corrected chi connectivity index (χ2v) is 5.39. The predicted octanol–water partition coefficient (Wildman–Crippen LogP) is 2.47. The fourth-order valence-electron chi connectivity index (χ4n) is 2.71. The zero-order valence-electron chi connectivity index (χ0n) is 12.9. The Kier molecular flexibility index (Phi) is 4.39. The first-order valence-corrected chi connectivity index (χ1v) is 7.47. The van der Waals surface area contributed by atoms with E-state index in [0.717, 1.165) is 17.7 Å². The van der Waals surface area contributed by atoms with Gasteiger partial charge in [-0.1, -0.05) is 24.3 Å². The molecule has 1 aliphatic heterocycles. The normalized spacial score (nSPS) is 12.8. The SMILES string of the molecule is COCC(=O)N1CCc2ccc(NC(=O)c3ccccc3)cc21. The Labute approximate surface area is 134 Å². The van der Waals surface area contributed by atoms with Gasteiger partial charge in [-0.2, -0.15) is 0 Å². The van der Waals surface area contributed by atoms with Gasteiger partial charge in [0, 0.05) is 30.6 Å². The van der Waals surface area contributed by atoms with E-state index >= 15 is 0 Å². The lowest BCUT2D eigenvalue weighted by atomic mass is 10.1. The van der Waals surface area contributed by atoms with Crippen molar-refractivity contribution in [2.24, 2.45) is 0 Å². The minimum atomic E-state index is -0.168. The molecule has 5 heteroatoms. The molecule has 1 heterocycles. The molecule has 0 saturated carbocycles. The van der Waals surface area contributed by atoms with Crippen molar-refractivity contribution in [1.82, 2.24) is 0 Å². The van der Waals surface area contributed by atoms with Crippen LogP contribution in [0.4, 0.5) is 11.4 Å². The number of ether oxygens (including phenoxy) is 1. The Morgan fingerprint density at radius 1 is 1.17 bits per heavy atom. The molecule has 1 N–H and O–H groups in total. The van der Waals surface area contributed by atoms with Crippen LogP contribution < -0.4 is 10.2 Å². The fraction of sp³-hybridized carbons (Fsp3) is 0.222. The molecule has 1 aliphatic rings. The van der Waals surface area contributed by atoms with E-state index in [1.165, 1.54) is 7.11 Å². The number of benzene rings is 2. The van der Waals surface area contributed by atoms with E-state index < -0.39 is 0 Å². The summed E-state index contributed by atoms with van der Waals surface area (Å²) in [6.07, 6.45) is 0.817. The topological polar surface area (TPSA) is 58.6 Å². The quantitative estimate of drug-likeness (QED) is 0.944. The maximum Gasteiger partial charge on any atom is 0.255 e. The second-order valence-electron chi connectivity index (χ2n) is 5.39. The fourth-order valence-corrected chi connectivity index (χ4v) is 2.71. The van der Waals surface area contributed by atoms with Crippen molar-refractivity contribution >= 4 is 23.2 Å². The van der Waals surface area contributed by atoms with Crippen molar-refractivity contribution in [1.29, 1.82) is 0 Å². The van der Waals surface area contributed by atoms with Crippen molar-refractivity contribution in [2.75, 3.05) is 30.5 Å². The zero-order valence-corrected chi connectivity index (χ0v) is 12.9. The number of fused-ring (bicyclic) bond motifs is 1. The Hall–Kier alpha value is -2.66. The number of rotatable bonds is 4. The number of nitrogens with zero attached hydrogens (tertiary/aromatic N) is 1. The summed E-state index contributed by atoms with van der Waals surface area (Å²) in [5.41, 5.74) is 3.22. The molecule has 0 unspecified atom stereocenters. The first-order valence-electron chi connectivity index (χ1n) is 7.47. The van der Waals surface area contributed by atoms with Crippen LogP contribution >= 0.6 is 0 Å². The monoisotopic (exact) mass is 310 g/mol. The summed E-state index contributed by atoms with van der Waals surface area (Å²) in [5, 5.41) is 2.87. The number of amides is 2. The molecule has 0 saturated heterocycles. The molecule has 0 atom stereocenters. The highest BCUT2D eigenvalue weighted by Crippen LogP contribution is 2.31. The molecular formula is C18H18N2O3. The van der Waals surface area contributed by atoms with Crippen LogP contribution in [-0.4, -0.2) is 32.1 Å². The third-order valence-electron chi connectivity index (χ3n) is 3.84. The van der Waals surface area contributed by atoms with E-state index in [-0.39, 0.29) is 18.4 Å². The lowest BCUT2D eigenvalue weighted by Gasteiger charge is -2.17. The maximum absolute atomic E-state index is 12.2. The van der Waals surface area contributed by atoms with E-state index in [0.29, 0.717) is 17.8 Å². The number of nitrogens with one attached hydrogen (secondary N) is 1. The van der Waals surface area contributed by atoms with Gasteiger partial charge >= 0.3 is 0 Å². The van der Waals surface area contributed by atoms with E-state index in [9.17, 15) is 9.59 Å². The highest BCUT2D eigenvalue weighted by molar-refractivity contribution is 6.05. The molecule has 0 radical (unpaired) electrons. The van der Waals surface area contributed by atoms with Gasteiger partial charge < -0.3 is 15.0 Å². The van der Waals surface area contributed by atoms with Gasteiger partial charge in [0.15, 0.2) is 0 Å². The first kappa shape index (κ1) is 15.2. The molecular weight excluding hydrogens is 292 g/mol. The summed E-state index contributed by atoms with van der Waals surface area (Å²) in [4.78, 5) is 26.0. The minimum absolute atomic E-state index is 0.0556. The molecule has 3 rings (SSSR count). The van der Waals surface area contributed by atoms with Crippen LogP contribution in [0, 0.1) is 0 Å². The zero-order chi connectivity index (χ0) is 16.2. The van der Waals surface area contributed by atoms with Gasteiger partial charge in [0.2, 0.25) is 0 Å². The number of methoxy groups -OCH3 is 1.